The van der Waals surface area contributed by atoms with Crippen molar-refractivity contribution in [1.82, 2.24) is 10.0 Å². The molecule has 0 aliphatic rings. The standard InChI is InChI=1S/C14H24N2O4S/c1-14(2,16-21(4,17)18)11-15-9-10-20-13-7-5-12(19-3)6-8-13/h5-8,15-16H,9-11H2,1-4H3. The highest BCUT2D eigenvalue weighted by Crippen LogP contribution is 2.16. The van der Waals surface area contributed by atoms with Crippen molar-refractivity contribution >= 4 is 10.0 Å². The fourth-order valence-corrected chi connectivity index (χ4v) is 2.93. The molecule has 0 saturated carbocycles. The molecule has 2 N–H and O–H groups in total. The molecule has 0 heterocycles. The van der Waals surface area contributed by atoms with E-state index in [4.69, 9.17) is 9.47 Å². The lowest BCUT2D eigenvalue weighted by Gasteiger charge is -2.25. The van der Waals surface area contributed by atoms with Crippen molar-refractivity contribution in [2.45, 2.75) is 19.4 Å². The fraction of sp³-hybridized carbons (Fsp3) is 0.571. The molecule has 0 aromatic heterocycles. The van der Waals surface area contributed by atoms with Crippen molar-refractivity contribution in [2.24, 2.45) is 0 Å². The molecule has 120 valence electrons. The Hall–Kier alpha value is -1.31. The molecular formula is C14H24N2O4S. The van der Waals surface area contributed by atoms with Crippen LogP contribution in [0.3, 0.4) is 0 Å². The third kappa shape index (κ3) is 7.89. The average Bonchev–Trinajstić information content (AvgIpc) is 2.36. The maximum Gasteiger partial charge on any atom is 0.209 e. The number of rotatable bonds is 9. The molecule has 0 radical (unpaired) electrons. The maximum absolute atomic E-state index is 11.2. The smallest absolute Gasteiger partial charge is 0.209 e. The van der Waals surface area contributed by atoms with Gasteiger partial charge in [0.25, 0.3) is 0 Å². The van der Waals surface area contributed by atoms with Gasteiger partial charge >= 0.3 is 0 Å². The van der Waals surface area contributed by atoms with E-state index in [1.54, 1.807) is 7.11 Å². The van der Waals surface area contributed by atoms with Gasteiger partial charge in [0.05, 0.1) is 13.4 Å². The van der Waals surface area contributed by atoms with E-state index in [0.717, 1.165) is 17.8 Å². The molecule has 6 nitrogen and oxygen atoms in total. The van der Waals surface area contributed by atoms with Gasteiger partial charge in [-0.05, 0) is 38.1 Å². The lowest BCUT2D eigenvalue weighted by Crippen LogP contribution is -2.50. The molecule has 0 spiro atoms. The quantitative estimate of drug-likeness (QED) is 0.665. The highest BCUT2D eigenvalue weighted by atomic mass is 32.2. The molecular weight excluding hydrogens is 292 g/mol. The zero-order valence-electron chi connectivity index (χ0n) is 13.0. The third-order valence-corrected chi connectivity index (χ3v) is 3.56. The summed E-state index contributed by atoms with van der Waals surface area (Å²) in [6.07, 6.45) is 1.15. The minimum atomic E-state index is -3.21. The zero-order valence-corrected chi connectivity index (χ0v) is 13.8. The monoisotopic (exact) mass is 316 g/mol. The normalized spacial score (nSPS) is 12.2. The average molecular weight is 316 g/mol. The van der Waals surface area contributed by atoms with Crippen LogP contribution in [-0.4, -0.2) is 47.0 Å². The molecule has 1 aromatic rings. The Morgan fingerprint density at radius 1 is 1.14 bits per heavy atom. The minimum Gasteiger partial charge on any atom is -0.497 e. The Balaban J connectivity index is 2.24. The van der Waals surface area contributed by atoms with Crippen LogP contribution in [0.1, 0.15) is 13.8 Å². The number of hydrogen-bond donors (Lipinski definition) is 2. The summed E-state index contributed by atoms with van der Waals surface area (Å²) in [6, 6.07) is 7.35. The second-order valence-corrected chi connectivity index (χ2v) is 7.21. The van der Waals surface area contributed by atoms with Gasteiger partial charge in [-0.1, -0.05) is 0 Å². The van der Waals surface area contributed by atoms with Crippen LogP contribution >= 0.6 is 0 Å². The van der Waals surface area contributed by atoms with Crippen LogP contribution in [0.4, 0.5) is 0 Å². The highest BCUT2D eigenvalue weighted by molar-refractivity contribution is 7.88. The van der Waals surface area contributed by atoms with Crippen molar-refractivity contribution in [3.8, 4) is 11.5 Å². The van der Waals surface area contributed by atoms with E-state index in [2.05, 4.69) is 10.0 Å². The lowest BCUT2D eigenvalue weighted by atomic mass is 10.1. The van der Waals surface area contributed by atoms with Crippen molar-refractivity contribution in [3.05, 3.63) is 24.3 Å². The molecule has 7 heteroatoms. The van der Waals surface area contributed by atoms with Gasteiger partial charge in [0.15, 0.2) is 0 Å². The van der Waals surface area contributed by atoms with E-state index in [1.807, 2.05) is 38.1 Å². The van der Waals surface area contributed by atoms with Crippen molar-refractivity contribution < 1.29 is 17.9 Å². The Morgan fingerprint density at radius 2 is 1.71 bits per heavy atom. The van der Waals surface area contributed by atoms with Crippen LogP contribution in [0.15, 0.2) is 24.3 Å². The molecule has 0 atom stereocenters. The Labute approximate surface area is 126 Å². The van der Waals surface area contributed by atoms with Crippen LogP contribution in [-0.2, 0) is 10.0 Å². The van der Waals surface area contributed by atoms with Crippen LogP contribution < -0.4 is 19.5 Å². The Morgan fingerprint density at radius 3 is 2.24 bits per heavy atom. The Bertz CT molecular complexity index is 526. The summed E-state index contributed by atoms with van der Waals surface area (Å²) in [5.74, 6) is 1.56. The first-order chi connectivity index (χ1) is 9.72. The SMILES string of the molecule is COc1ccc(OCCNCC(C)(C)NS(C)(=O)=O)cc1. The van der Waals surface area contributed by atoms with Crippen molar-refractivity contribution in [1.29, 1.82) is 0 Å². The molecule has 0 amide bonds. The molecule has 0 bridgehead atoms. The first kappa shape index (κ1) is 17.7. The largest absolute Gasteiger partial charge is 0.497 e. The van der Waals surface area contributed by atoms with Gasteiger partial charge in [-0.15, -0.1) is 0 Å². The summed E-state index contributed by atoms with van der Waals surface area (Å²) in [5.41, 5.74) is -0.534. The highest BCUT2D eigenvalue weighted by Gasteiger charge is 2.21. The number of sulfonamides is 1. The lowest BCUT2D eigenvalue weighted by molar-refractivity contribution is 0.304. The number of methoxy groups -OCH3 is 1. The first-order valence-electron chi connectivity index (χ1n) is 6.68. The molecule has 21 heavy (non-hydrogen) atoms. The molecule has 0 aliphatic carbocycles. The number of benzene rings is 1. The summed E-state index contributed by atoms with van der Waals surface area (Å²) >= 11 is 0. The van der Waals surface area contributed by atoms with Gasteiger partial charge in [-0.3, -0.25) is 0 Å². The molecule has 0 unspecified atom stereocenters. The molecule has 0 saturated heterocycles. The molecule has 1 rings (SSSR count). The first-order valence-corrected chi connectivity index (χ1v) is 8.57. The molecule has 1 aromatic carbocycles. The van der Waals surface area contributed by atoms with Crippen LogP contribution in [0, 0.1) is 0 Å². The summed E-state index contributed by atoms with van der Waals surface area (Å²) < 4.78 is 35.6. The second-order valence-electron chi connectivity index (χ2n) is 5.46. The zero-order chi connectivity index (χ0) is 15.9. The Kier molecular flexibility index (Phi) is 6.44. The topological polar surface area (TPSA) is 76.7 Å². The summed E-state index contributed by atoms with van der Waals surface area (Å²) in [5, 5.41) is 3.16. The maximum atomic E-state index is 11.2. The fourth-order valence-electron chi connectivity index (χ4n) is 1.85. The van der Waals surface area contributed by atoms with Crippen LogP contribution in [0.25, 0.3) is 0 Å². The van der Waals surface area contributed by atoms with E-state index < -0.39 is 15.6 Å². The van der Waals surface area contributed by atoms with Gasteiger partial charge in [0.1, 0.15) is 18.1 Å². The predicted molar refractivity (Wildman–Crippen MR) is 83.4 cm³/mol. The van der Waals surface area contributed by atoms with Crippen LogP contribution in [0.5, 0.6) is 11.5 Å². The number of hydrogen-bond acceptors (Lipinski definition) is 5. The number of nitrogens with one attached hydrogen (secondary N) is 2. The van der Waals surface area contributed by atoms with Crippen molar-refractivity contribution in [2.75, 3.05) is 33.1 Å². The molecule has 0 fully saturated rings. The number of ether oxygens (including phenoxy) is 2. The van der Waals surface area contributed by atoms with E-state index >= 15 is 0 Å². The third-order valence-electron chi connectivity index (χ3n) is 2.64. The van der Waals surface area contributed by atoms with E-state index in [1.165, 1.54) is 0 Å². The van der Waals surface area contributed by atoms with Gasteiger partial charge in [0, 0.05) is 18.6 Å². The van der Waals surface area contributed by atoms with E-state index in [9.17, 15) is 8.42 Å². The van der Waals surface area contributed by atoms with Gasteiger partial charge in [0.2, 0.25) is 10.0 Å². The summed E-state index contributed by atoms with van der Waals surface area (Å²) in [7, 11) is -1.59. The minimum absolute atomic E-state index is 0.501. The van der Waals surface area contributed by atoms with Gasteiger partial charge in [-0.25, -0.2) is 13.1 Å². The van der Waals surface area contributed by atoms with Crippen LogP contribution in [0.2, 0.25) is 0 Å². The predicted octanol–water partition coefficient (Wildman–Crippen LogP) is 0.991. The van der Waals surface area contributed by atoms with E-state index in [0.29, 0.717) is 19.7 Å². The summed E-state index contributed by atoms with van der Waals surface area (Å²) in [6.45, 7) is 5.30. The van der Waals surface area contributed by atoms with Gasteiger partial charge in [-0.2, -0.15) is 0 Å². The van der Waals surface area contributed by atoms with Crippen molar-refractivity contribution in [3.63, 3.8) is 0 Å². The van der Waals surface area contributed by atoms with Gasteiger partial charge < -0.3 is 14.8 Å². The summed E-state index contributed by atoms with van der Waals surface area (Å²) in [4.78, 5) is 0. The molecule has 0 aliphatic heterocycles. The van der Waals surface area contributed by atoms with E-state index in [-0.39, 0.29) is 0 Å². The second kappa shape index (κ2) is 7.63.